The molecule has 1 aromatic carbocycles. The van der Waals surface area contributed by atoms with E-state index in [4.69, 9.17) is 0 Å². The Morgan fingerprint density at radius 2 is 2.04 bits per heavy atom. The number of hydrogen-bond donors (Lipinski definition) is 2. The Kier molecular flexibility index (Phi) is 5.34. The van der Waals surface area contributed by atoms with Crippen molar-refractivity contribution in [2.75, 3.05) is 20.6 Å². The highest BCUT2D eigenvalue weighted by atomic mass is 32.1. The van der Waals surface area contributed by atoms with Gasteiger partial charge in [0.2, 0.25) is 5.91 Å². The van der Waals surface area contributed by atoms with Gasteiger partial charge in [-0.1, -0.05) is 12.1 Å². The molecule has 0 saturated carbocycles. The van der Waals surface area contributed by atoms with Crippen molar-refractivity contribution in [2.45, 2.75) is 12.6 Å². The van der Waals surface area contributed by atoms with E-state index in [1.807, 2.05) is 30.4 Å². The van der Waals surface area contributed by atoms with Gasteiger partial charge in [0.05, 0.1) is 16.9 Å². The second-order valence-corrected chi connectivity index (χ2v) is 6.98. The fourth-order valence-corrected chi connectivity index (χ4v) is 3.58. The molecule has 2 heterocycles. The van der Waals surface area contributed by atoms with Crippen LogP contribution in [0.25, 0.3) is 10.9 Å². The summed E-state index contributed by atoms with van der Waals surface area (Å²) >= 11 is 1.61. The molecular weight excluding hydrogens is 352 g/mol. The number of fused-ring (bicyclic) bond motifs is 1. The van der Waals surface area contributed by atoms with E-state index in [2.05, 4.69) is 15.7 Å². The Hall–Kier alpha value is -2.71. The molecular formula is C18H20N4O3S. The van der Waals surface area contributed by atoms with Gasteiger partial charge in [0.1, 0.15) is 6.54 Å². The molecule has 2 aromatic heterocycles. The second-order valence-electron chi connectivity index (χ2n) is 6.20. The second kappa shape index (κ2) is 7.67. The maximum atomic E-state index is 12.4. The fourth-order valence-electron chi connectivity index (χ4n) is 2.87. The van der Waals surface area contributed by atoms with E-state index >= 15 is 0 Å². The zero-order valence-corrected chi connectivity index (χ0v) is 15.4. The van der Waals surface area contributed by atoms with Crippen LogP contribution in [-0.4, -0.2) is 41.0 Å². The highest BCUT2D eigenvalue weighted by Gasteiger charge is 2.16. The van der Waals surface area contributed by atoms with Crippen LogP contribution in [0.3, 0.4) is 0 Å². The number of aromatic nitrogens is 2. The first-order chi connectivity index (χ1) is 12.5. The van der Waals surface area contributed by atoms with Crippen LogP contribution in [0.1, 0.15) is 11.6 Å². The Labute approximate surface area is 153 Å². The lowest BCUT2D eigenvalue weighted by Crippen LogP contribution is -2.39. The largest absolute Gasteiger partial charge is 0.353 e. The lowest BCUT2D eigenvalue weighted by atomic mass is 10.1. The fraction of sp³-hybridized carbons (Fsp3) is 0.278. The number of likely N-dealkylation sites (N-methyl/N-ethyl adjacent to an activating group) is 1. The zero-order valence-electron chi connectivity index (χ0n) is 14.6. The van der Waals surface area contributed by atoms with Gasteiger partial charge in [-0.3, -0.25) is 19.1 Å². The van der Waals surface area contributed by atoms with Crippen LogP contribution in [-0.2, 0) is 11.3 Å². The standard InChI is InChI=1S/C18H20N4O3S/c1-21(2)15(12-7-8-26-11-12)9-19-16(23)10-22-14-6-4-3-5-13(14)17(24)20-18(22)25/h3-8,11,15H,9-10H2,1-2H3,(H,19,23)(H,20,24,25)/t15-/m1/s1. The molecule has 2 N–H and O–H groups in total. The molecule has 3 aromatic rings. The van der Waals surface area contributed by atoms with Crippen molar-refractivity contribution in [3.63, 3.8) is 0 Å². The first-order valence-electron chi connectivity index (χ1n) is 8.14. The van der Waals surface area contributed by atoms with Gasteiger partial charge in [-0.05, 0) is 48.6 Å². The lowest BCUT2D eigenvalue weighted by molar-refractivity contribution is -0.121. The summed E-state index contributed by atoms with van der Waals surface area (Å²) in [5.74, 6) is -0.286. The molecule has 1 amide bonds. The van der Waals surface area contributed by atoms with E-state index < -0.39 is 11.2 Å². The topological polar surface area (TPSA) is 87.2 Å². The molecule has 0 aliphatic rings. The molecule has 0 aliphatic heterocycles. The minimum atomic E-state index is -0.592. The maximum absolute atomic E-state index is 12.4. The molecule has 0 bridgehead atoms. The van der Waals surface area contributed by atoms with Crippen LogP contribution in [0.2, 0.25) is 0 Å². The summed E-state index contributed by atoms with van der Waals surface area (Å²) in [6.45, 7) is 0.276. The maximum Gasteiger partial charge on any atom is 0.329 e. The number of amides is 1. The monoisotopic (exact) mass is 372 g/mol. The molecule has 0 unspecified atom stereocenters. The third-order valence-electron chi connectivity index (χ3n) is 4.25. The van der Waals surface area contributed by atoms with E-state index in [1.165, 1.54) is 4.57 Å². The van der Waals surface area contributed by atoms with E-state index in [1.54, 1.807) is 35.6 Å². The van der Waals surface area contributed by atoms with Crippen molar-refractivity contribution >= 4 is 28.1 Å². The third-order valence-corrected chi connectivity index (χ3v) is 4.95. The number of aromatic amines is 1. The number of hydrogen-bond acceptors (Lipinski definition) is 5. The predicted octanol–water partition coefficient (Wildman–Crippen LogP) is 1.17. The van der Waals surface area contributed by atoms with Gasteiger partial charge >= 0.3 is 5.69 Å². The Bertz CT molecular complexity index is 1020. The summed E-state index contributed by atoms with van der Waals surface area (Å²) in [5.41, 5.74) is 0.531. The minimum Gasteiger partial charge on any atom is -0.353 e. The van der Waals surface area contributed by atoms with Crippen molar-refractivity contribution in [1.29, 1.82) is 0 Å². The highest BCUT2D eigenvalue weighted by Crippen LogP contribution is 2.19. The molecule has 1 atom stereocenters. The minimum absolute atomic E-state index is 0.0502. The smallest absolute Gasteiger partial charge is 0.329 e. The molecule has 0 saturated heterocycles. The van der Waals surface area contributed by atoms with E-state index in [-0.39, 0.29) is 18.5 Å². The van der Waals surface area contributed by atoms with E-state index in [0.29, 0.717) is 17.4 Å². The number of benzene rings is 1. The van der Waals surface area contributed by atoms with Crippen LogP contribution >= 0.6 is 11.3 Å². The van der Waals surface area contributed by atoms with Crippen LogP contribution in [0.15, 0.2) is 50.7 Å². The first kappa shape index (κ1) is 18.1. The van der Waals surface area contributed by atoms with Crippen LogP contribution in [0.4, 0.5) is 0 Å². The van der Waals surface area contributed by atoms with E-state index in [9.17, 15) is 14.4 Å². The van der Waals surface area contributed by atoms with Crippen molar-refractivity contribution in [1.82, 2.24) is 19.8 Å². The van der Waals surface area contributed by atoms with Crippen molar-refractivity contribution in [3.8, 4) is 0 Å². The van der Waals surface area contributed by atoms with Gasteiger partial charge in [0, 0.05) is 6.54 Å². The molecule has 0 fully saturated rings. The first-order valence-corrected chi connectivity index (χ1v) is 9.08. The summed E-state index contributed by atoms with van der Waals surface area (Å²) < 4.78 is 1.28. The highest BCUT2D eigenvalue weighted by molar-refractivity contribution is 7.07. The molecule has 0 radical (unpaired) electrons. The SMILES string of the molecule is CN(C)[C@H](CNC(=O)Cn1c(=O)[nH]c(=O)c2ccccc21)c1ccsc1. The van der Waals surface area contributed by atoms with Crippen LogP contribution < -0.4 is 16.6 Å². The number of nitrogens with zero attached hydrogens (tertiary/aromatic N) is 2. The van der Waals surface area contributed by atoms with Crippen LogP contribution in [0, 0.1) is 0 Å². The number of nitrogens with one attached hydrogen (secondary N) is 2. The summed E-state index contributed by atoms with van der Waals surface area (Å²) in [4.78, 5) is 40.7. The van der Waals surface area contributed by atoms with Gasteiger partial charge in [-0.2, -0.15) is 11.3 Å². The Balaban J connectivity index is 1.78. The molecule has 26 heavy (non-hydrogen) atoms. The molecule has 0 spiro atoms. The normalized spacial score (nSPS) is 12.4. The van der Waals surface area contributed by atoms with Crippen molar-refractivity contribution in [3.05, 3.63) is 67.5 Å². The van der Waals surface area contributed by atoms with Gasteiger partial charge in [0.15, 0.2) is 0 Å². The quantitative estimate of drug-likeness (QED) is 0.680. The summed E-state index contributed by atoms with van der Waals surface area (Å²) in [7, 11) is 3.91. The predicted molar refractivity (Wildman–Crippen MR) is 103 cm³/mol. The summed E-state index contributed by atoms with van der Waals surface area (Å²) in [5, 5.41) is 7.31. The van der Waals surface area contributed by atoms with Gasteiger partial charge in [-0.15, -0.1) is 0 Å². The number of carbonyl (C=O) groups excluding carboxylic acids is 1. The number of H-pyrrole nitrogens is 1. The van der Waals surface area contributed by atoms with Crippen molar-refractivity contribution < 1.29 is 4.79 Å². The summed E-state index contributed by atoms with van der Waals surface area (Å²) in [6.07, 6.45) is 0. The molecule has 136 valence electrons. The molecule has 8 heteroatoms. The van der Waals surface area contributed by atoms with Gasteiger partial charge in [-0.25, -0.2) is 4.79 Å². The summed E-state index contributed by atoms with van der Waals surface area (Å²) in [6, 6.07) is 8.81. The average molecular weight is 372 g/mol. The van der Waals surface area contributed by atoms with Gasteiger partial charge in [0.25, 0.3) is 5.56 Å². The average Bonchev–Trinajstić information content (AvgIpc) is 3.13. The zero-order chi connectivity index (χ0) is 18.7. The Morgan fingerprint density at radius 3 is 2.73 bits per heavy atom. The number of rotatable bonds is 6. The van der Waals surface area contributed by atoms with E-state index in [0.717, 1.165) is 5.56 Å². The van der Waals surface area contributed by atoms with Crippen LogP contribution in [0.5, 0.6) is 0 Å². The number of thiophene rings is 1. The van der Waals surface area contributed by atoms with Gasteiger partial charge < -0.3 is 10.2 Å². The molecule has 3 rings (SSSR count). The molecule has 0 aliphatic carbocycles. The lowest BCUT2D eigenvalue weighted by Gasteiger charge is -2.24. The Morgan fingerprint density at radius 1 is 1.27 bits per heavy atom. The molecule has 7 nitrogen and oxygen atoms in total. The van der Waals surface area contributed by atoms with Crippen molar-refractivity contribution in [2.24, 2.45) is 0 Å². The number of para-hydroxylation sites is 1. The number of carbonyl (C=O) groups is 1. The third kappa shape index (κ3) is 3.76.